The summed E-state index contributed by atoms with van der Waals surface area (Å²) in [5.74, 6) is 0. The summed E-state index contributed by atoms with van der Waals surface area (Å²) in [5.41, 5.74) is 2.12. The van der Waals surface area contributed by atoms with Gasteiger partial charge in [0, 0.05) is 43.3 Å². The Balaban J connectivity index is 2.23. The Hall–Kier alpha value is -1.46. The van der Waals surface area contributed by atoms with Gasteiger partial charge in [-0.3, -0.25) is 15.0 Å². The number of nitrogens with one attached hydrogen (secondary N) is 1. The molecule has 2 rings (SSSR count). The SMILES string of the molecule is Cc1c(CN2CCNCC2(C)C)cccc1[N+](=O)[O-]. The molecule has 1 aromatic carbocycles. The molecule has 0 amide bonds. The van der Waals surface area contributed by atoms with Crippen LogP contribution in [0.4, 0.5) is 5.69 Å². The zero-order chi connectivity index (χ0) is 14.0. The minimum atomic E-state index is -0.304. The Bertz CT molecular complexity index is 486. The number of piperazine rings is 1. The van der Waals surface area contributed by atoms with Gasteiger partial charge in [-0.2, -0.15) is 0 Å². The van der Waals surface area contributed by atoms with E-state index in [1.807, 2.05) is 13.0 Å². The van der Waals surface area contributed by atoms with Crippen molar-refractivity contribution in [3.05, 3.63) is 39.4 Å². The Labute approximate surface area is 113 Å². The summed E-state index contributed by atoms with van der Waals surface area (Å²) in [7, 11) is 0. The third kappa shape index (κ3) is 2.93. The molecule has 1 aliphatic heterocycles. The van der Waals surface area contributed by atoms with Gasteiger partial charge >= 0.3 is 0 Å². The highest BCUT2D eigenvalue weighted by molar-refractivity contribution is 5.44. The van der Waals surface area contributed by atoms with Gasteiger partial charge in [-0.05, 0) is 26.3 Å². The summed E-state index contributed by atoms with van der Waals surface area (Å²) < 4.78 is 0. The molecule has 0 aliphatic carbocycles. The van der Waals surface area contributed by atoms with Crippen molar-refractivity contribution < 1.29 is 4.92 Å². The quantitative estimate of drug-likeness (QED) is 0.670. The summed E-state index contributed by atoms with van der Waals surface area (Å²) in [6.45, 7) is 9.88. The van der Waals surface area contributed by atoms with Crippen molar-refractivity contribution in [1.29, 1.82) is 0 Å². The fraction of sp³-hybridized carbons (Fsp3) is 0.571. The van der Waals surface area contributed by atoms with Crippen LogP contribution in [0, 0.1) is 17.0 Å². The van der Waals surface area contributed by atoms with E-state index in [-0.39, 0.29) is 16.1 Å². The molecule has 0 atom stereocenters. The third-order valence-electron chi connectivity index (χ3n) is 3.95. The number of nitrogens with zero attached hydrogens (tertiary/aromatic N) is 2. The van der Waals surface area contributed by atoms with Crippen LogP contribution in [0.1, 0.15) is 25.0 Å². The molecular weight excluding hydrogens is 242 g/mol. The van der Waals surface area contributed by atoms with Gasteiger partial charge in [0.05, 0.1) is 4.92 Å². The molecule has 0 spiro atoms. The number of nitro groups is 1. The van der Waals surface area contributed by atoms with Crippen LogP contribution in [0.3, 0.4) is 0 Å². The standard InChI is InChI=1S/C14H21N3O2/c1-11-12(5-4-6-13(11)17(18)19)9-16-8-7-15-10-14(16,2)3/h4-6,15H,7-10H2,1-3H3. The van der Waals surface area contributed by atoms with Crippen molar-refractivity contribution in [3.63, 3.8) is 0 Å². The fourth-order valence-electron chi connectivity index (χ4n) is 2.56. The summed E-state index contributed by atoms with van der Waals surface area (Å²) in [5, 5.41) is 14.4. The van der Waals surface area contributed by atoms with E-state index in [4.69, 9.17) is 0 Å². The van der Waals surface area contributed by atoms with Crippen LogP contribution in [0.5, 0.6) is 0 Å². The molecule has 1 fully saturated rings. The molecule has 5 heteroatoms. The average Bonchev–Trinajstić information content (AvgIpc) is 2.33. The van der Waals surface area contributed by atoms with E-state index in [2.05, 4.69) is 24.1 Å². The largest absolute Gasteiger partial charge is 0.314 e. The van der Waals surface area contributed by atoms with Gasteiger partial charge in [-0.15, -0.1) is 0 Å². The van der Waals surface area contributed by atoms with Crippen molar-refractivity contribution in [2.75, 3.05) is 19.6 Å². The predicted octanol–water partition coefficient (Wildman–Crippen LogP) is 2.09. The number of hydrogen-bond donors (Lipinski definition) is 1. The first-order chi connectivity index (χ1) is 8.92. The third-order valence-corrected chi connectivity index (χ3v) is 3.95. The lowest BCUT2D eigenvalue weighted by atomic mass is 9.98. The highest BCUT2D eigenvalue weighted by atomic mass is 16.6. The molecule has 0 unspecified atom stereocenters. The summed E-state index contributed by atoms with van der Waals surface area (Å²) in [6, 6.07) is 5.33. The molecule has 0 bridgehead atoms. The van der Waals surface area contributed by atoms with Crippen LogP contribution in [-0.4, -0.2) is 35.0 Å². The monoisotopic (exact) mass is 263 g/mol. The summed E-state index contributed by atoms with van der Waals surface area (Å²) in [6.07, 6.45) is 0. The van der Waals surface area contributed by atoms with Crippen LogP contribution in [0.25, 0.3) is 0 Å². The number of nitro benzene ring substituents is 1. The molecule has 0 saturated carbocycles. The number of benzene rings is 1. The van der Waals surface area contributed by atoms with Crippen LogP contribution in [0.2, 0.25) is 0 Å². The fourth-order valence-corrected chi connectivity index (χ4v) is 2.56. The Morgan fingerprint density at radius 3 is 2.84 bits per heavy atom. The first-order valence-electron chi connectivity index (χ1n) is 6.60. The van der Waals surface area contributed by atoms with Crippen molar-refractivity contribution in [1.82, 2.24) is 10.2 Å². The van der Waals surface area contributed by atoms with Gasteiger partial charge in [-0.25, -0.2) is 0 Å². The van der Waals surface area contributed by atoms with Crippen molar-refractivity contribution in [2.45, 2.75) is 32.9 Å². The van der Waals surface area contributed by atoms with Gasteiger partial charge in [0.15, 0.2) is 0 Å². The second-order valence-electron chi connectivity index (χ2n) is 5.73. The maximum Gasteiger partial charge on any atom is 0.272 e. The Kier molecular flexibility index (Phi) is 3.87. The topological polar surface area (TPSA) is 58.4 Å². The molecule has 0 aromatic heterocycles. The molecule has 1 heterocycles. The minimum absolute atomic E-state index is 0.0787. The maximum absolute atomic E-state index is 11.0. The van der Waals surface area contributed by atoms with E-state index in [1.54, 1.807) is 12.1 Å². The van der Waals surface area contributed by atoms with Crippen molar-refractivity contribution in [3.8, 4) is 0 Å². The lowest BCUT2D eigenvalue weighted by Gasteiger charge is -2.43. The van der Waals surface area contributed by atoms with Crippen LogP contribution in [0.15, 0.2) is 18.2 Å². The molecule has 0 radical (unpaired) electrons. The van der Waals surface area contributed by atoms with Gasteiger partial charge in [0.25, 0.3) is 5.69 Å². The highest BCUT2D eigenvalue weighted by Crippen LogP contribution is 2.25. The summed E-state index contributed by atoms with van der Waals surface area (Å²) in [4.78, 5) is 13.1. The van der Waals surface area contributed by atoms with E-state index in [0.717, 1.165) is 37.3 Å². The molecule has 19 heavy (non-hydrogen) atoms. The molecular formula is C14H21N3O2. The lowest BCUT2D eigenvalue weighted by Crippen LogP contribution is -2.57. The van der Waals surface area contributed by atoms with Gasteiger partial charge < -0.3 is 5.32 Å². The second-order valence-corrected chi connectivity index (χ2v) is 5.73. The van der Waals surface area contributed by atoms with Crippen LogP contribution >= 0.6 is 0 Å². The van der Waals surface area contributed by atoms with Crippen molar-refractivity contribution >= 4 is 5.69 Å². The molecule has 104 valence electrons. The predicted molar refractivity (Wildman–Crippen MR) is 75.2 cm³/mol. The second kappa shape index (κ2) is 5.27. The average molecular weight is 263 g/mol. The molecule has 1 aliphatic rings. The zero-order valence-corrected chi connectivity index (χ0v) is 11.8. The van der Waals surface area contributed by atoms with E-state index < -0.39 is 0 Å². The van der Waals surface area contributed by atoms with Gasteiger partial charge in [0.2, 0.25) is 0 Å². The highest BCUT2D eigenvalue weighted by Gasteiger charge is 2.30. The smallest absolute Gasteiger partial charge is 0.272 e. The number of hydrogen-bond acceptors (Lipinski definition) is 4. The van der Waals surface area contributed by atoms with Crippen LogP contribution < -0.4 is 5.32 Å². The van der Waals surface area contributed by atoms with E-state index in [9.17, 15) is 10.1 Å². The Morgan fingerprint density at radius 1 is 1.47 bits per heavy atom. The molecule has 5 nitrogen and oxygen atoms in total. The minimum Gasteiger partial charge on any atom is -0.314 e. The zero-order valence-electron chi connectivity index (χ0n) is 11.8. The first kappa shape index (κ1) is 14.0. The first-order valence-corrected chi connectivity index (χ1v) is 6.60. The van der Waals surface area contributed by atoms with Gasteiger partial charge in [-0.1, -0.05) is 12.1 Å². The van der Waals surface area contributed by atoms with Crippen molar-refractivity contribution in [2.24, 2.45) is 0 Å². The van der Waals surface area contributed by atoms with Gasteiger partial charge in [0.1, 0.15) is 0 Å². The molecule has 1 aromatic rings. The van der Waals surface area contributed by atoms with E-state index in [0.29, 0.717) is 0 Å². The lowest BCUT2D eigenvalue weighted by molar-refractivity contribution is -0.385. The van der Waals surface area contributed by atoms with E-state index in [1.165, 1.54) is 0 Å². The summed E-state index contributed by atoms with van der Waals surface area (Å²) >= 11 is 0. The van der Waals surface area contributed by atoms with Crippen LogP contribution in [-0.2, 0) is 6.54 Å². The molecule has 1 saturated heterocycles. The number of rotatable bonds is 3. The Morgan fingerprint density at radius 2 is 2.21 bits per heavy atom. The molecule has 1 N–H and O–H groups in total. The maximum atomic E-state index is 11.0. The van der Waals surface area contributed by atoms with E-state index >= 15 is 0 Å². The normalized spacial score (nSPS) is 19.3.